The lowest BCUT2D eigenvalue weighted by Gasteiger charge is -2.09. The highest BCUT2D eigenvalue weighted by Gasteiger charge is 2.06. The van der Waals surface area contributed by atoms with Gasteiger partial charge in [0.15, 0.2) is 5.82 Å². The zero-order chi connectivity index (χ0) is 11.8. The highest BCUT2D eigenvalue weighted by molar-refractivity contribution is 5.66. The summed E-state index contributed by atoms with van der Waals surface area (Å²) in [4.78, 5) is 7.99. The van der Waals surface area contributed by atoms with Crippen LogP contribution in [-0.4, -0.2) is 23.6 Å². The van der Waals surface area contributed by atoms with Crippen molar-refractivity contribution in [1.29, 1.82) is 0 Å². The van der Waals surface area contributed by atoms with E-state index in [-0.39, 0.29) is 0 Å². The molecule has 0 radical (unpaired) electrons. The lowest BCUT2D eigenvalue weighted by Crippen LogP contribution is -2.08. The van der Waals surface area contributed by atoms with Gasteiger partial charge in [-0.25, -0.2) is 4.98 Å². The zero-order valence-corrected chi connectivity index (χ0v) is 9.99. The number of nitrogens with zero attached hydrogens (tertiary/aromatic N) is 2. The van der Waals surface area contributed by atoms with Crippen molar-refractivity contribution in [2.75, 3.05) is 24.7 Å². The van der Waals surface area contributed by atoms with Crippen LogP contribution in [0.5, 0.6) is 5.88 Å². The quantitative estimate of drug-likeness (QED) is 0.693. The fraction of sp³-hybridized carbons (Fsp3) is 0.636. The Morgan fingerprint density at radius 2 is 2.12 bits per heavy atom. The van der Waals surface area contributed by atoms with Gasteiger partial charge >= 0.3 is 0 Å². The highest BCUT2D eigenvalue weighted by atomic mass is 16.5. The van der Waals surface area contributed by atoms with Gasteiger partial charge in [-0.2, -0.15) is 4.98 Å². The molecule has 0 saturated carbocycles. The molecule has 0 bridgehead atoms. The molecule has 0 fully saturated rings. The number of hydrogen-bond acceptors (Lipinski definition) is 5. The molecule has 1 rings (SSSR count). The van der Waals surface area contributed by atoms with Gasteiger partial charge in [0.1, 0.15) is 12.0 Å². The molecule has 1 aromatic heterocycles. The maximum absolute atomic E-state index is 5.82. The van der Waals surface area contributed by atoms with E-state index in [0.717, 1.165) is 13.0 Å². The summed E-state index contributed by atoms with van der Waals surface area (Å²) in [6.45, 7) is 3.07. The first-order valence-corrected chi connectivity index (χ1v) is 5.68. The molecular weight excluding hydrogens is 204 g/mol. The van der Waals surface area contributed by atoms with Gasteiger partial charge < -0.3 is 15.8 Å². The van der Waals surface area contributed by atoms with E-state index in [1.165, 1.54) is 25.6 Å². The van der Waals surface area contributed by atoms with Gasteiger partial charge in [-0.1, -0.05) is 26.2 Å². The summed E-state index contributed by atoms with van der Waals surface area (Å²) < 4.78 is 5.01. The van der Waals surface area contributed by atoms with Crippen LogP contribution in [0.25, 0.3) is 0 Å². The Labute approximate surface area is 96.4 Å². The molecule has 1 heterocycles. The van der Waals surface area contributed by atoms with Crippen LogP contribution < -0.4 is 15.8 Å². The number of ether oxygens (including phenoxy) is 1. The minimum absolute atomic E-state index is 0.422. The summed E-state index contributed by atoms with van der Waals surface area (Å²) in [7, 11) is 1.55. The first kappa shape index (κ1) is 12.5. The summed E-state index contributed by atoms with van der Waals surface area (Å²) in [6, 6.07) is 0. The topological polar surface area (TPSA) is 73.1 Å². The van der Waals surface area contributed by atoms with E-state index in [9.17, 15) is 0 Å². The molecule has 1 aromatic rings. The van der Waals surface area contributed by atoms with Gasteiger partial charge in [0.05, 0.1) is 7.11 Å². The second-order valence-electron chi connectivity index (χ2n) is 3.63. The monoisotopic (exact) mass is 224 g/mol. The molecule has 5 heteroatoms. The molecule has 0 aliphatic heterocycles. The minimum Gasteiger partial charge on any atom is -0.479 e. The van der Waals surface area contributed by atoms with E-state index < -0.39 is 0 Å². The van der Waals surface area contributed by atoms with Crippen molar-refractivity contribution in [3.63, 3.8) is 0 Å². The second kappa shape index (κ2) is 6.87. The van der Waals surface area contributed by atoms with Crippen LogP contribution in [0, 0.1) is 0 Å². The molecule has 16 heavy (non-hydrogen) atoms. The molecule has 5 nitrogen and oxygen atoms in total. The minimum atomic E-state index is 0.422. The van der Waals surface area contributed by atoms with Gasteiger partial charge in [-0.05, 0) is 6.42 Å². The molecule has 0 saturated heterocycles. The lowest BCUT2D eigenvalue weighted by atomic mass is 10.2. The number of rotatable bonds is 7. The van der Waals surface area contributed by atoms with E-state index in [1.807, 2.05) is 0 Å². The normalized spacial score (nSPS) is 10.1. The fourth-order valence-corrected chi connectivity index (χ4v) is 1.44. The molecule has 0 amide bonds. The number of nitrogens with one attached hydrogen (secondary N) is 1. The number of nitrogen functional groups attached to an aromatic ring is 1. The van der Waals surface area contributed by atoms with Crippen molar-refractivity contribution in [2.24, 2.45) is 0 Å². The van der Waals surface area contributed by atoms with Crippen LogP contribution >= 0.6 is 0 Å². The Balaban J connectivity index is 2.41. The Bertz CT molecular complexity index is 317. The molecule has 0 unspecified atom stereocenters. The number of anilines is 2. The van der Waals surface area contributed by atoms with Gasteiger partial charge in [-0.3, -0.25) is 0 Å². The van der Waals surface area contributed by atoms with Crippen LogP contribution in [0.4, 0.5) is 11.5 Å². The Morgan fingerprint density at radius 3 is 2.81 bits per heavy atom. The van der Waals surface area contributed by atoms with Crippen molar-refractivity contribution in [1.82, 2.24) is 9.97 Å². The van der Waals surface area contributed by atoms with Crippen molar-refractivity contribution in [3.8, 4) is 5.88 Å². The smallest absolute Gasteiger partial charge is 0.242 e. The predicted octanol–water partition coefficient (Wildman–Crippen LogP) is 2.06. The molecule has 3 N–H and O–H groups in total. The molecule has 0 aliphatic rings. The zero-order valence-electron chi connectivity index (χ0n) is 9.99. The van der Waals surface area contributed by atoms with Gasteiger partial charge in [-0.15, -0.1) is 0 Å². The number of unbranched alkanes of at least 4 members (excludes halogenated alkanes) is 3. The Kier molecular flexibility index (Phi) is 5.39. The molecule has 0 spiro atoms. The molecule has 0 aromatic carbocycles. The Morgan fingerprint density at radius 1 is 1.31 bits per heavy atom. The SMILES string of the molecule is CCCCCCNc1ncnc(OC)c1N. The van der Waals surface area contributed by atoms with E-state index in [4.69, 9.17) is 10.5 Å². The predicted molar refractivity (Wildman–Crippen MR) is 65.6 cm³/mol. The molecule has 0 atom stereocenters. The summed E-state index contributed by atoms with van der Waals surface area (Å²) in [5, 5.41) is 3.19. The van der Waals surface area contributed by atoms with Crippen LogP contribution in [0.1, 0.15) is 32.6 Å². The van der Waals surface area contributed by atoms with Crippen LogP contribution in [-0.2, 0) is 0 Å². The average Bonchev–Trinajstić information content (AvgIpc) is 2.31. The first-order valence-electron chi connectivity index (χ1n) is 5.68. The summed E-state index contributed by atoms with van der Waals surface area (Å²) in [5.41, 5.74) is 6.29. The summed E-state index contributed by atoms with van der Waals surface area (Å²) in [5.74, 6) is 1.08. The van der Waals surface area contributed by atoms with Crippen molar-refractivity contribution >= 4 is 11.5 Å². The number of nitrogens with two attached hydrogens (primary N) is 1. The fourth-order valence-electron chi connectivity index (χ4n) is 1.44. The maximum Gasteiger partial charge on any atom is 0.242 e. The van der Waals surface area contributed by atoms with E-state index in [1.54, 1.807) is 7.11 Å². The van der Waals surface area contributed by atoms with Crippen molar-refractivity contribution < 1.29 is 4.74 Å². The number of methoxy groups -OCH3 is 1. The van der Waals surface area contributed by atoms with E-state index >= 15 is 0 Å². The van der Waals surface area contributed by atoms with Crippen LogP contribution in [0.2, 0.25) is 0 Å². The first-order chi connectivity index (χ1) is 7.79. The number of hydrogen-bond donors (Lipinski definition) is 2. The maximum atomic E-state index is 5.82. The molecule has 90 valence electrons. The molecule has 0 aliphatic carbocycles. The van der Waals surface area contributed by atoms with E-state index in [0.29, 0.717) is 17.4 Å². The third kappa shape index (κ3) is 3.56. The van der Waals surface area contributed by atoms with Crippen molar-refractivity contribution in [2.45, 2.75) is 32.6 Å². The summed E-state index contributed by atoms with van der Waals surface area (Å²) >= 11 is 0. The van der Waals surface area contributed by atoms with Gasteiger partial charge in [0.2, 0.25) is 5.88 Å². The summed E-state index contributed by atoms with van der Waals surface area (Å²) in [6.07, 6.45) is 6.31. The highest BCUT2D eigenvalue weighted by Crippen LogP contribution is 2.23. The van der Waals surface area contributed by atoms with Crippen molar-refractivity contribution in [3.05, 3.63) is 6.33 Å². The second-order valence-corrected chi connectivity index (χ2v) is 3.63. The van der Waals surface area contributed by atoms with Crippen LogP contribution in [0.3, 0.4) is 0 Å². The van der Waals surface area contributed by atoms with E-state index in [2.05, 4.69) is 22.2 Å². The van der Waals surface area contributed by atoms with Gasteiger partial charge in [0.25, 0.3) is 0 Å². The third-order valence-corrected chi connectivity index (χ3v) is 2.36. The third-order valence-electron chi connectivity index (χ3n) is 2.36. The Hall–Kier alpha value is -1.52. The largest absolute Gasteiger partial charge is 0.479 e. The van der Waals surface area contributed by atoms with Gasteiger partial charge in [0, 0.05) is 6.54 Å². The average molecular weight is 224 g/mol. The van der Waals surface area contributed by atoms with Crippen LogP contribution in [0.15, 0.2) is 6.33 Å². The molecular formula is C11H20N4O. The lowest BCUT2D eigenvalue weighted by molar-refractivity contribution is 0.399. The standard InChI is InChI=1S/C11H20N4O/c1-3-4-5-6-7-13-10-9(12)11(16-2)15-8-14-10/h8H,3-7,12H2,1-2H3,(H,13,14,15). The number of aromatic nitrogens is 2.